The van der Waals surface area contributed by atoms with E-state index in [-0.39, 0.29) is 24.0 Å². The number of nitrogens with one attached hydrogen (secondary N) is 2. The zero-order valence-electron chi connectivity index (χ0n) is 28.8. The van der Waals surface area contributed by atoms with Crippen LogP contribution in [0, 0.1) is 25.5 Å². The van der Waals surface area contributed by atoms with Crippen LogP contribution in [-0.2, 0) is 11.3 Å². The number of nitrogens with zero attached hydrogens (tertiary/aromatic N) is 4. The molecule has 2 aromatic carbocycles. The number of anilines is 1. The first kappa shape index (κ1) is 39.2. The molecule has 276 valence electrons. The monoisotopic (exact) mass is 728 g/mol. The Morgan fingerprint density at radius 3 is 2.23 bits per heavy atom. The highest BCUT2D eigenvalue weighted by Crippen LogP contribution is 2.32. The van der Waals surface area contributed by atoms with Crippen molar-refractivity contribution in [2.75, 3.05) is 31.5 Å². The third-order valence-electron chi connectivity index (χ3n) is 7.96. The number of pyridine rings is 1. The summed E-state index contributed by atoms with van der Waals surface area (Å²) in [6, 6.07) is 15.0. The largest absolute Gasteiger partial charge is 0.490 e. The van der Waals surface area contributed by atoms with Crippen LogP contribution in [0.25, 0.3) is 28.0 Å². The zero-order chi connectivity index (χ0) is 38.2. The summed E-state index contributed by atoms with van der Waals surface area (Å²) in [6.07, 6.45) is -4.29. The molecule has 0 bridgehead atoms. The fourth-order valence-electron chi connectivity index (χ4n) is 5.23. The van der Waals surface area contributed by atoms with Crippen LogP contribution in [0.1, 0.15) is 47.7 Å². The number of carbonyl (C=O) groups excluding carboxylic acids is 1. The Hall–Kier alpha value is -5.64. The number of carbonyl (C=O) groups is 2. The van der Waals surface area contributed by atoms with Gasteiger partial charge in [0.15, 0.2) is 5.65 Å². The molecular formula is C36H37F5N6O5. The second-order valence-electron chi connectivity index (χ2n) is 11.5. The van der Waals surface area contributed by atoms with Crippen molar-refractivity contribution in [3.05, 3.63) is 105 Å². The third kappa shape index (κ3) is 9.57. The number of aryl methyl sites for hydroxylation is 2. The molecule has 0 aliphatic rings. The summed E-state index contributed by atoms with van der Waals surface area (Å²) in [5, 5.41) is 13.6. The number of amides is 1. The molecule has 0 spiro atoms. The highest BCUT2D eigenvalue weighted by atomic mass is 19.4. The number of benzene rings is 2. The van der Waals surface area contributed by atoms with Gasteiger partial charge in [0.25, 0.3) is 11.5 Å². The fraction of sp³-hybridized carbons (Fsp3) is 0.306. The van der Waals surface area contributed by atoms with E-state index in [1.807, 2.05) is 19.9 Å². The maximum absolute atomic E-state index is 15.0. The number of para-hydroxylation sites is 1. The molecule has 0 saturated carbocycles. The average molecular weight is 729 g/mol. The second kappa shape index (κ2) is 17.0. The molecule has 0 atom stereocenters. The lowest BCUT2D eigenvalue weighted by atomic mass is 9.99. The van der Waals surface area contributed by atoms with Crippen LogP contribution in [0.2, 0.25) is 0 Å². The molecule has 0 unspecified atom stereocenters. The SMILES string of the molecule is CCN(CC)CCCNc1nc(-c2cc(C(=O)NCc3ccc(C)o3)ccc2C)c2ccc(=O)n(-c3c(F)cccc3F)c2n1.O=C(O)C(F)(F)F. The van der Waals surface area contributed by atoms with Gasteiger partial charge < -0.3 is 25.1 Å². The molecule has 16 heteroatoms. The first-order valence-corrected chi connectivity index (χ1v) is 16.2. The van der Waals surface area contributed by atoms with Crippen LogP contribution >= 0.6 is 0 Å². The molecule has 0 radical (unpaired) electrons. The molecule has 0 fully saturated rings. The van der Waals surface area contributed by atoms with Gasteiger partial charge in [0.05, 0.1) is 12.2 Å². The zero-order valence-corrected chi connectivity index (χ0v) is 28.8. The molecule has 0 aliphatic heterocycles. The van der Waals surface area contributed by atoms with E-state index in [1.165, 1.54) is 18.2 Å². The number of carboxylic acid groups (broad SMARTS) is 1. The van der Waals surface area contributed by atoms with Crippen molar-refractivity contribution >= 4 is 28.9 Å². The molecule has 3 aromatic heterocycles. The topological polar surface area (TPSA) is 143 Å². The molecule has 52 heavy (non-hydrogen) atoms. The van der Waals surface area contributed by atoms with Crippen molar-refractivity contribution in [2.24, 2.45) is 0 Å². The molecule has 11 nitrogen and oxygen atoms in total. The Bertz CT molecular complexity index is 2090. The first-order valence-electron chi connectivity index (χ1n) is 16.2. The van der Waals surface area contributed by atoms with E-state index in [0.29, 0.717) is 34.5 Å². The standard InChI is InChI=1S/C34H36F2N6O3.C2HF3O2/c1-5-41(6-2)18-8-17-37-34-39-30(25-15-16-29(43)42(32(25)40-34)31-27(35)9-7-10-28(31)36)26-19-23(13-11-21(26)3)33(44)38-20-24-14-12-22(4)45-24;3-2(4,5)1(6)7/h7,9-16,19H,5-6,8,17-18,20H2,1-4H3,(H,38,44)(H,37,39,40);(H,6,7). The van der Waals surface area contributed by atoms with E-state index in [2.05, 4.69) is 34.4 Å². The Balaban J connectivity index is 0.000000785. The summed E-state index contributed by atoms with van der Waals surface area (Å²) < 4.78 is 68.3. The van der Waals surface area contributed by atoms with Gasteiger partial charge in [-0.2, -0.15) is 18.2 Å². The quantitative estimate of drug-likeness (QED) is 0.0952. The number of aromatic nitrogens is 3. The number of carboxylic acids is 1. The summed E-state index contributed by atoms with van der Waals surface area (Å²) in [6.45, 7) is 11.4. The maximum atomic E-state index is 15.0. The van der Waals surface area contributed by atoms with Crippen molar-refractivity contribution in [3.63, 3.8) is 0 Å². The van der Waals surface area contributed by atoms with Crippen molar-refractivity contribution in [3.8, 4) is 16.9 Å². The van der Waals surface area contributed by atoms with Crippen LogP contribution in [0.4, 0.5) is 27.9 Å². The molecule has 3 heterocycles. The normalized spacial score (nSPS) is 11.3. The first-order chi connectivity index (χ1) is 24.6. The number of furan rings is 1. The van der Waals surface area contributed by atoms with Gasteiger partial charge in [0.1, 0.15) is 28.8 Å². The molecule has 3 N–H and O–H groups in total. The van der Waals surface area contributed by atoms with Gasteiger partial charge >= 0.3 is 12.1 Å². The molecule has 1 amide bonds. The molecular weight excluding hydrogens is 691 g/mol. The fourth-order valence-corrected chi connectivity index (χ4v) is 5.23. The lowest BCUT2D eigenvalue weighted by Gasteiger charge is -2.18. The number of hydrogen-bond acceptors (Lipinski definition) is 8. The number of hydrogen-bond donors (Lipinski definition) is 3. The maximum Gasteiger partial charge on any atom is 0.490 e. The van der Waals surface area contributed by atoms with Crippen LogP contribution in [0.15, 0.2) is 69.9 Å². The Labute approximate surface area is 295 Å². The third-order valence-corrected chi connectivity index (χ3v) is 7.96. The van der Waals surface area contributed by atoms with E-state index >= 15 is 8.78 Å². The predicted molar refractivity (Wildman–Crippen MR) is 184 cm³/mol. The molecule has 5 rings (SSSR count). The van der Waals surface area contributed by atoms with Crippen molar-refractivity contribution in [1.82, 2.24) is 24.8 Å². The van der Waals surface area contributed by atoms with Gasteiger partial charge in [-0.15, -0.1) is 0 Å². The second-order valence-corrected chi connectivity index (χ2v) is 11.5. The lowest BCUT2D eigenvalue weighted by molar-refractivity contribution is -0.192. The number of halogens is 5. The van der Waals surface area contributed by atoms with Crippen LogP contribution in [-0.4, -0.2) is 68.8 Å². The minimum atomic E-state index is -5.08. The van der Waals surface area contributed by atoms with Crippen molar-refractivity contribution in [1.29, 1.82) is 0 Å². The number of alkyl halides is 3. The van der Waals surface area contributed by atoms with Crippen LogP contribution < -0.4 is 16.2 Å². The Morgan fingerprint density at radius 1 is 0.962 bits per heavy atom. The highest BCUT2D eigenvalue weighted by Gasteiger charge is 2.38. The lowest BCUT2D eigenvalue weighted by Crippen LogP contribution is -2.25. The average Bonchev–Trinajstić information content (AvgIpc) is 3.52. The smallest absolute Gasteiger partial charge is 0.475 e. The number of aliphatic carboxylic acids is 1. The minimum absolute atomic E-state index is 0.0326. The summed E-state index contributed by atoms with van der Waals surface area (Å²) in [5.74, 6) is -3.31. The van der Waals surface area contributed by atoms with Gasteiger partial charge in [0.2, 0.25) is 5.95 Å². The van der Waals surface area contributed by atoms with Gasteiger partial charge in [-0.3, -0.25) is 14.2 Å². The molecule has 0 aliphatic carbocycles. The van der Waals surface area contributed by atoms with Crippen LogP contribution in [0.5, 0.6) is 0 Å². The number of rotatable bonds is 12. The summed E-state index contributed by atoms with van der Waals surface area (Å²) in [4.78, 5) is 46.9. The number of fused-ring (bicyclic) bond motifs is 1. The van der Waals surface area contributed by atoms with Gasteiger partial charge in [-0.05, 0) is 87.9 Å². The predicted octanol–water partition coefficient (Wildman–Crippen LogP) is 6.64. The molecule has 5 aromatic rings. The van der Waals surface area contributed by atoms with Crippen LogP contribution in [0.3, 0.4) is 0 Å². The Morgan fingerprint density at radius 2 is 1.63 bits per heavy atom. The van der Waals surface area contributed by atoms with E-state index in [4.69, 9.17) is 19.3 Å². The summed E-state index contributed by atoms with van der Waals surface area (Å²) >= 11 is 0. The Kier molecular flexibility index (Phi) is 12.8. The molecule has 0 saturated heterocycles. The summed E-state index contributed by atoms with van der Waals surface area (Å²) in [5.41, 5.74) is 1.05. The van der Waals surface area contributed by atoms with E-state index in [9.17, 15) is 22.8 Å². The van der Waals surface area contributed by atoms with Gasteiger partial charge in [0, 0.05) is 29.1 Å². The van der Waals surface area contributed by atoms with Gasteiger partial charge in [-0.1, -0.05) is 26.0 Å². The van der Waals surface area contributed by atoms with Gasteiger partial charge in [-0.25, -0.2) is 18.6 Å². The van der Waals surface area contributed by atoms with E-state index in [1.54, 1.807) is 24.3 Å². The van der Waals surface area contributed by atoms with Crippen molar-refractivity contribution < 1.29 is 41.1 Å². The van der Waals surface area contributed by atoms with E-state index in [0.717, 1.165) is 54.1 Å². The minimum Gasteiger partial charge on any atom is -0.475 e. The van der Waals surface area contributed by atoms with Crippen molar-refractivity contribution in [2.45, 2.75) is 46.8 Å². The van der Waals surface area contributed by atoms with E-state index < -0.39 is 35.0 Å². The highest BCUT2D eigenvalue weighted by molar-refractivity contribution is 5.98. The summed E-state index contributed by atoms with van der Waals surface area (Å²) in [7, 11) is 0.